The molecule has 0 fully saturated rings. The van der Waals surface area contributed by atoms with E-state index in [1.54, 1.807) is 0 Å². The van der Waals surface area contributed by atoms with Crippen LogP contribution in [0.1, 0.15) is 22.8 Å². The lowest BCUT2D eigenvalue weighted by atomic mass is 10.1. The topological polar surface area (TPSA) is 136 Å². The molecule has 0 saturated carbocycles. The van der Waals surface area contributed by atoms with E-state index >= 15 is 0 Å². The maximum Gasteiger partial charge on any atom is 0.339 e. The molecule has 0 aliphatic carbocycles. The molecular formula is C19H21N3O7S. The van der Waals surface area contributed by atoms with Crippen molar-refractivity contribution in [2.75, 3.05) is 19.4 Å². The fourth-order valence-electron chi connectivity index (χ4n) is 2.40. The number of rotatable bonds is 7. The summed E-state index contributed by atoms with van der Waals surface area (Å²) >= 11 is 0. The second-order valence-electron chi connectivity index (χ2n) is 6.61. The van der Waals surface area contributed by atoms with E-state index in [-0.39, 0.29) is 21.8 Å². The first-order valence-electron chi connectivity index (χ1n) is 8.73. The van der Waals surface area contributed by atoms with Crippen LogP contribution in [0.25, 0.3) is 0 Å². The van der Waals surface area contributed by atoms with Gasteiger partial charge in [0, 0.05) is 31.4 Å². The van der Waals surface area contributed by atoms with Crippen LogP contribution in [-0.4, -0.2) is 49.7 Å². The summed E-state index contributed by atoms with van der Waals surface area (Å²) < 4.78 is 30.5. The number of aryl methyl sites for hydroxylation is 1. The van der Waals surface area contributed by atoms with Crippen LogP contribution in [-0.2, 0) is 19.6 Å². The number of anilines is 1. The van der Waals surface area contributed by atoms with Crippen LogP contribution in [0.3, 0.4) is 0 Å². The number of nitrogens with zero attached hydrogens (tertiary/aromatic N) is 2. The lowest BCUT2D eigenvalue weighted by molar-refractivity contribution is -0.385. The molecule has 1 unspecified atom stereocenters. The van der Waals surface area contributed by atoms with Gasteiger partial charge in [-0.3, -0.25) is 14.9 Å². The monoisotopic (exact) mass is 435 g/mol. The van der Waals surface area contributed by atoms with Crippen molar-refractivity contribution in [3.05, 3.63) is 63.7 Å². The first kappa shape index (κ1) is 23.0. The van der Waals surface area contributed by atoms with E-state index in [1.165, 1.54) is 64.3 Å². The van der Waals surface area contributed by atoms with Crippen molar-refractivity contribution < 1.29 is 27.7 Å². The summed E-state index contributed by atoms with van der Waals surface area (Å²) in [6, 6.07) is 9.49. The Morgan fingerprint density at radius 2 is 1.83 bits per heavy atom. The number of ether oxygens (including phenoxy) is 1. The summed E-state index contributed by atoms with van der Waals surface area (Å²) in [7, 11) is -0.911. The SMILES string of the molecule is Cc1ccc(C(=O)OC(C)C(=O)Nc2cccc(S(=O)(=O)N(C)C)c2)cc1[N+](=O)[O-]. The Hall–Kier alpha value is -3.31. The molecule has 0 saturated heterocycles. The van der Waals surface area contributed by atoms with Crippen LogP contribution in [0.5, 0.6) is 0 Å². The Bertz CT molecular complexity index is 1100. The molecule has 0 spiro atoms. The minimum Gasteiger partial charge on any atom is -0.449 e. The quantitative estimate of drug-likeness (QED) is 0.400. The van der Waals surface area contributed by atoms with Crippen molar-refractivity contribution >= 4 is 33.3 Å². The predicted molar refractivity (Wildman–Crippen MR) is 109 cm³/mol. The number of esters is 1. The Labute approximate surface area is 173 Å². The highest BCUT2D eigenvalue weighted by Gasteiger charge is 2.22. The smallest absolute Gasteiger partial charge is 0.339 e. The van der Waals surface area contributed by atoms with Gasteiger partial charge in [-0.15, -0.1) is 0 Å². The van der Waals surface area contributed by atoms with E-state index in [1.807, 2.05) is 0 Å². The molecule has 2 aromatic rings. The Kier molecular flexibility index (Phi) is 6.90. The third kappa shape index (κ3) is 5.19. The molecule has 2 rings (SSSR count). The molecule has 0 heterocycles. The fraction of sp³-hybridized carbons (Fsp3) is 0.263. The third-order valence-corrected chi connectivity index (χ3v) is 5.99. The fourth-order valence-corrected chi connectivity index (χ4v) is 3.35. The molecule has 10 nitrogen and oxygen atoms in total. The van der Waals surface area contributed by atoms with Gasteiger partial charge in [0.05, 0.1) is 15.4 Å². The highest BCUT2D eigenvalue weighted by Crippen LogP contribution is 2.21. The van der Waals surface area contributed by atoms with Crippen LogP contribution in [0, 0.1) is 17.0 Å². The minimum atomic E-state index is -3.68. The first-order valence-corrected chi connectivity index (χ1v) is 10.2. The van der Waals surface area contributed by atoms with Crippen LogP contribution < -0.4 is 5.32 Å². The third-order valence-electron chi connectivity index (χ3n) is 4.17. The standard InChI is InChI=1S/C19H21N3O7S/c1-12-8-9-14(10-17(12)22(25)26)19(24)29-13(2)18(23)20-15-6-5-7-16(11-15)30(27,28)21(3)4/h5-11,13H,1-4H3,(H,20,23). The van der Waals surface area contributed by atoms with Gasteiger partial charge in [-0.1, -0.05) is 12.1 Å². The highest BCUT2D eigenvalue weighted by molar-refractivity contribution is 7.89. The largest absolute Gasteiger partial charge is 0.449 e. The lowest BCUT2D eigenvalue weighted by Gasteiger charge is -2.15. The molecule has 0 aromatic heterocycles. The zero-order valence-electron chi connectivity index (χ0n) is 16.8. The number of nitro benzene ring substituents is 1. The van der Waals surface area contributed by atoms with Crippen LogP contribution in [0.4, 0.5) is 11.4 Å². The average molecular weight is 435 g/mol. The molecule has 2 aromatic carbocycles. The second kappa shape index (κ2) is 9.01. The molecule has 0 aliphatic heterocycles. The van der Waals surface area contributed by atoms with Crippen LogP contribution in [0.2, 0.25) is 0 Å². The van der Waals surface area contributed by atoms with Gasteiger partial charge >= 0.3 is 5.97 Å². The maximum atomic E-state index is 12.3. The van der Waals surface area contributed by atoms with Crippen molar-refractivity contribution in [2.45, 2.75) is 24.8 Å². The van der Waals surface area contributed by atoms with Crippen molar-refractivity contribution in [1.29, 1.82) is 0 Å². The van der Waals surface area contributed by atoms with Gasteiger partial charge in [0.15, 0.2) is 6.10 Å². The van der Waals surface area contributed by atoms with Gasteiger partial charge in [-0.05, 0) is 38.1 Å². The molecule has 0 bridgehead atoms. The van der Waals surface area contributed by atoms with Crippen molar-refractivity contribution in [1.82, 2.24) is 4.31 Å². The van der Waals surface area contributed by atoms with Gasteiger partial charge in [0.25, 0.3) is 11.6 Å². The first-order chi connectivity index (χ1) is 13.9. The van der Waals surface area contributed by atoms with E-state index in [2.05, 4.69) is 5.32 Å². The van der Waals surface area contributed by atoms with Gasteiger partial charge < -0.3 is 10.1 Å². The summed E-state index contributed by atoms with van der Waals surface area (Å²) in [5, 5.41) is 13.5. The van der Waals surface area contributed by atoms with E-state index in [0.29, 0.717) is 5.56 Å². The van der Waals surface area contributed by atoms with Crippen molar-refractivity contribution in [2.24, 2.45) is 0 Å². The second-order valence-corrected chi connectivity index (χ2v) is 8.76. The van der Waals surface area contributed by atoms with Gasteiger partial charge in [0.1, 0.15) is 0 Å². The summed E-state index contributed by atoms with van der Waals surface area (Å²) in [6.45, 7) is 2.87. The van der Waals surface area contributed by atoms with Crippen molar-refractivity contribution in [3.8, 4) is 0 Å². The van der Waals surface area contributed by atoms with E-state index in [0.717, 1.165) is 10.4 Å². The Balaban J connectivity index is 2.11. The molecule has 30 heavy (non-hydrogen) atoms. The van der Waals surface area contributed by atoms with Crippen molar-refractivity contribution in [3.63, 3.8) is 0 Å². The summed E-state index contributed by atoms with van der Waals surface area (Å²) in [5.74, 6) is -1.59. The Morgan fingerprint density at radius 1 is 1.17 bits per heavy atom. The van der Waals surface area contributed by atoms with Gasteiger partial charge in [-0.2, -0.15) is 0 Å². The summed E-state index contributed by atoms with van der Waals surface area (Å²) in [5.41, 5.74) is 0.290. The number of sulfonamides is 1. The number of hydrogen-bond donors (Lipinski definition) is 1. The number of nitro groups is 1. The molecule has 1 atom stereocenters. The predicted octanol–water partition coefficient (Wildman–Crippen LogP) is 2.34. The number of nitrogens with one attached hydrogen (secondary N) is 1. The zero-order valence-corrected chi connectivity index (χ0v) is 17.6. The molecule has 1 N–H and O–H groups in total. The average Bonchev–Trinajstić information content (AvgIpc) is 2.67. The number of amides is 1. The number of carbonyl (C=O) groups is 2. The van der Waals surface area contributed by atoms with E-state index < -0.39 is 32.9 Å². The molecule has 0 aliphatic rings. The molecule has 0 radical (unpaired) electrons. The van der Waals surface area contributed by atoms with Gasteiger partial charge in [0.2, 0.25) is 10.0 Å². The van der Waals surface area contributed by atoms with Crippen LogP contribution in [0.15, 0.2) is 47.4 Å². The molecular weight excluding hydrogens is 414 g/mol. The maximum absolute atomic E-state index is 12.3. The Morgan fingerprint density at radius 3 is 2.43 bits per heavy atom. The molecule has 1 amide bonds. The normalized spacial score (nSPS) is 12.3. The minimum absolute atomic E-state index is 0.0121. The number of hydrogen-bond acceptors (Lipinski definition) is 7. The highest BCUT2D eigenvalue weighted by atomic mass is 32.2. The lowest BCUT2D eigenvalue weighted by Crippen LogP contribution is -2.30. The summed E-state index contributed by atoms with van der Waals surface area (Å²) in [6.07, 6.45) is -1.23. The number of benzene rings is 2. The van der Waals surface area contributed by atoms with E-state index in [4.69, 9.17) is 4.74 Å². The molecule has 11 heteroatoms. The molecule has 160 valence electrons. The van der Waals surface area contributed by atoms with E-state index in [9.17, 15) is 28.1 Å². The zero-order chi connectivity index (χ0) is 22.6. The van der Waals surface area contributed by atoms with Gasteiger partial charge in [-0.25, -0.2) is 17.5 Å². The number of carbonyl (C=O) groups excluding carboxylic acids is 2. The van der Waals surface area contributed by atoms with Crippen LogP contribution >= 0.6 is 0 Å². The summed E-state index contributed by atoms with van der Waals surface area (Å²) in [4.78, 5) is 35.0.